The fraction of sp³-hybridized carbons (Fsp3) is 0.200. The minimum atomic E-state index is -0.0163. The maximum Gasteiger partial charge on any atom is 0.0748 e. The highest BCUT2D eigenvalue weighted by molar-refractivity contribution is 9.10. The Morgan fingerprint density at radius 1 is 1.15 bits per heavy atom. The van der Waals surface area contributed by atoms with Gasteiger partial charge in [-0.15, -0.1) is 0 Å². The third-order valence-corrected chi connectivity index (χ3v) is 3.91. The monoisotopic (exact) mass is 373 g/mol. The molecule has 0 amide bonds. The van der Waals surface area contributed by atoms with Crippen molar-refractivity contribution in [3.05, 3.63) is 62.5 Å². The van der Waals surface area contributed by atoms with Crippen molar-refractivity contribution in [1.29, 1.82) is 0 Å². The molecule has 0 saturated carbocycles. The molecule has 106 valence electrons. The Labute approximate surface area is 137 Å². The van der Waals surface area contributed by atoms with Crippen LogP contribution in [0.25, 0.3) is 0 Å². The number of anilines is 1. The van der Waals surface area contributed by atoms with E-state index >= 15 is 0 Å². The first-order valence-corrected chi connectivity index (χ1v) is 7.61. The van der Waals surface area contributed by atoms with Gasteiger partial charge in [-0.1, -0.05) is 69.5 Å². The van der Waals surface area contributed by atoms with Crippen molar-refractivity contribution in [1.82, 2.24) is 0 Å². The van der Waals surface area contributed by atoms with Gasteiger partial charge in [-0.25, -0.2) is 0 Å². The van der Waals surface area contributed by atoms with E-state index in [2.05, 4.69) is 21.2 Å². The van der Waals surface area contributed by atoms with Gasteiger partial charge in [-0.2, -0.15) is 0 Å². The lowest BCUT2D eigenvalue weighted by molar-refractivity contribution is 0.186. The Kier molecular flexibility index (Phi) is 5.73. The molecule has 20 heavy (non-hydrogen) atoms. The number of methoxy groups -OCH3 is 1. The number of ether oxygens (including phenoxy) is 1. The number of nitrogens with one attached hydrogen (secondary N) is 1. The summed E-state index contributed by atoms with van der Waals surface area (Å²) in [7, 11) is 1.67. The van der Waals surface area contributed by atoms with E-state index in [1.165, 1.54) is 0 Å². The maximum atomic E-state index is 6.25. The van der Waals surface area contributed by atoms with Gasteiger partial charge in [0.1, 0.15) is 0 Å². The van der Waals surface area contributed by atoms with Gasteiger partial charge in [0.05, 0.1) is 28.4 Å². The molecule has 0 bridgehead atoms. The maximum absolute atomic E-state index is 6.25. The van der Waals surface area contributed by atoms with Crippen LogP contribution in [0, 0.1) is 0 Å². The number of halogens is 3. The summed E-state index contributed by atoms with van der Waals surface area (Å²) in [5.41, 5.74) is 1.83. The molecule has 1 unspecified atom stereocenters. The molecule has 1 atom stereocenters. The number of hydrogen-bond donors (Lipinski definition) is 1. The summed E-state index contributed by atoms with van der Waals surface area (Å²) in [6, 6.07) is 13.6. The van der Waals surface area contributed by atoms with Crippen LogP contribution in [0.2, 0.25) is 10.0 Å². The van der Waals surface area contributed by atoms with Crippen molar-refractivity contribution < 1.29 is 4.74 Å². The molecule has 0 aliphatic rings. The standard InChI is InChI=1S/C15H14BrCl2NO/c1-20-9-14(10-5-3-2-4-6-10)19-15-12(17)7-11(16)8-13(15)18/h2-8,14,19H,9H2,1H3. The van der Waals surface area contributed by atoms with Crippen LogP contribution in [0.5, 0.6) is 0 Å². The predicted octanol–water partition coefficient (Wildman–Crippen LogP) is 5.56. The van der Waals surface area contributed by atoms with E-state index in [0.29, 0.717) is 22.3 Å². The van der Waals surface area contributed by atoms with E-state index in [1.807, 2.05) is 42.5 Å². The van der Waals surface area contributed by atoms with Crippen LogP contribution in [0.4, 0.5) is 5.69 Å². The summed E-state index contributed by atoms with van der Waals surface area (Å²) in [5, 5.41) is 4.49. The van der Waals surface area contributed by atoms with Crippen molar-refractivity contribution in [2.24, 2.45) is 0 Å². The van der Waals surface area contributed by atoms with Crippen molar-refractivity contribution in [2.45, 2.75) is 6.04 Å². The summed E-state index contributed by atoms with van der Waals surface area (Å²) >= 11 is 15.9. The zero-order valence-electron chi connectivity index (χ0n) is 10.9. The Morgan fingerprint density at radius 2 is 1.75 bits per heavy atom. The number of rotatable bonds is 5. The second-order valence-electron chi connectivity index (χ2n) is 4.31. The first kappa shape index (κ1) is 15.6. The van der Waals surface area contributed by atoms with E-state index < -0.39 is 0 Å². The Balaban J connectivity index is 2.30. The third kappa shape index (κ3) is 3.89. The van der Waals surface area contributed by atoms with E-state index in [0.717, 1.165) is 10.0 Å². The predicted molar refractivity (Wildman–Crippen MR) is 88.8 cm³/mol. The van der Waals surface area contributed by atoms with Crippen LogP contribution in [0.1, 0.15) is 11.6 Å². The molecule has 5 heteroatoms. The molecule has 0 aliphatic heterocycles. The van der Waals surface area contributed by atoms with Crippen LogP contribution in [-0.4, -0.2) is 13.7 Å². The molecular weight excluding hydrogens is 361 g/mol. The molecule has 2 nitrogen and oxygen atoms in total. The molecule has 0 aromatic heterocycles. The summed E-state index contributed by atoms with van der Waals surface area (Å²) in [6.45, 7) is 0.521. The van der Waals surface area contributed by atoms with Crippen molar-refractivity contribution in [3.8, 4) is 0 Å². The Morgan fingerprint density at radius 3 is 2.30 bits per heavy atom. The second kappa shape index (κ2) is 7.32. The van der Waals surface area contributed by atoms with Crippen LogP contribution < -0.4 is 5.32 Å². The van der Waals surface area contributed by atoms with Gasteiger partial charge in [0.2, 0.25) is 0 Å². The molecular formula is C15H14BrCl2NO. The molecule has 0 heterocycles. The van der Waals surface area contributed by atoms with Crippen molar-refractivity contribution in [3.63, 3.8) is 0 Å². The van der Waals surface area contributed by atoms with Gasteiger partial charge in [-0.05, 0) is 17.7 Å². The van der Waals surface area contributed by atoms with Gasteiger partial charge in [-0.3, -0.25) is 0 Å². The van der Waals surface area contributed by atoms with E-state index in [-0.39, 0.29) is 6.04 Å². The molecule has 1 N–H and O–H groups in total. The molecule has 0 fully saturated rings. The van der Waals surface area contributed by atoms with Gasteiger partial charge in [0, 0.05) is 11.6 Å². The van der Waals surface area contributed by atoms with Crippen LogP contribution in [0.15, 0.2) is 46.9 Å². The minimum absolute atomic E-state index is 0.0163. The van der Waals surface area contributed by atoms with E-state index in [4.69, 9.17) is 27.9 Å². The molecule has 2 aromatic rings. The first-order chi connectivity index (χ1) is 9.61. The van der Waals surface area contributed by atoms with Crippen LogP contribution in [-0.2, 0) is 4.74 Å². The Bertz CT molecular complexity index is 554. The average molecular weight is 375 g/mol. The fourth-order valence-corrected chi connectivity index (χ4v) is 3.25. The topological polar surface area (TPSA) is 21.3 Å². The lowest BCUT2D eigenvalue weighted by Gasteiger charge is -2.21. The normalized spacial score (nSPS) is 12.2. The molecule has 0 spiro atoms. The van der Waals surface area contributed by atoms with E-state index in [1.54, 1.807) is 7.11 Å². The smallest absolute Gasteiger partial charge is 0.0748 e. The quantitative estimate of drug-likeness (QED) is 0.740. The van der Waals surface area contributed by atoms with Crippen LogP contribution in [0.3, 0.4) is 0 Å². The SMILES string of the molecule is COCC(Nc1c(Cl)cc(Br)cc1Cl)c1ccccc1. The van der Waals surface area contributed by atoms with Crippen LogP contribution >= 0.6 is 39.1 Å². The molecule has 0 radical (unpaired) electrons. The highest BCUT2D eigenvalue weighted by Gasteiger charge is 2.15. The molecule has 2 rings (SSSR count). The third-order valence-electron chi connectivity index (χ3n) is 2.86. The minimum Gasteiger partial charge on any atom is -0.382 e. The number of hydrogen-bond acceptors (Lipinski definition) is 2. The summed E-state index contributed by atoms with van der Waals surface area (Å²) in [4.78, 5) is 0. The Hall–Kier alpha value is -0.740. The fourth-order valence-electron chi connectivity index (χ4n) is 1.93. The number of benzene rings is 2. The van der Waals surface area contributed by atoms with Crippen molar-refractivity contribution in [2.75, 3.05) is 19.0 Å². The molecule has 0 saturated heterocycles. The van der Waals surface area contributed by atoms with E-state index in [9.17, 15) is 0 Å². The molecule has 2 aromatic carbocycles. The zero-order chi connectivity index (χ0) is 14.5. The van der Waals surface area contributed by atoms with Gasteiger partial charge in [0.25, 0.3) is 0 Å². The summed E-state index contributed by atoms with van der Waals surface area (Å²) < 4.78 is 6.12. The lowest BCUT2D eigenvalue weighted by Crippen LogP contribution is -2.16. The highest BCUT2D eigenvalue weighted by Crippen LogP contribution is 2.36. The zero-order valence-corrected chi connectivity index (χ0v) is 14.0. The van der Waals surface area contributed by atoms with Gasteiger partial charge < -0.3 is 10.1 Å². The second-order valence-corrected chi connectivity index (χ2v) is 6.04. The van der Waals surface area contributed by atoms with Gasteiger partial charge in [0.15, 0.2) is 0 Å². The lowest BCUT2D eigenvalue weighted by atomic mass is 10.1. The highest BCUT2D eigenvalue weighted by atomic mass is 79.9. The summed E-state index contributed by atoms with van der Waals surface area (Å²) in [6.07, 6.45) is 0. The first-order valence-electron chi connectivity index (χ1n) is 6.06. The van der Waals surface area contributed by atoms with Gasteiger partial charge >= 0.3 is 0 Å². The summed E-state index contributed by atoms with van der Waals surface area (Å²) in [5.74, 6) is 0. The van der Waals surface area contributed by atoms with Crippen molar-refractivity contribution >= 4 is 44.8 Å². The largest absolute Gasteiger partial charge is 0.382 e. The molecule has 0 aliphatic carbocycles. The average Bonchev–Trinajstić information content (AvgIpc) is 2.42.